The van der Waals surface area contributed by atoms with E-state index >= 15 is 0 Å². The summed E-state index contributed by atoms with van der Waals surface area (Å²) in [6.07, 6.45) is 2.67. The van der Waals surface area contributed by atoms with E-state index in [1.54, 1.807) is 0 Å². The Hall–Kier alpha value is -0.830. The van der Waals surface area contributed by atoms with E-state index in [9.17, 15) is 5.11 Å². The summed E-state index contributed by atoms with van der Waals surface area (Å²) in [5, 5.41) is 14.2. The average molecular weight is 196 g/mol. The summed E-state index contributed by atoms with van der Waals surface area (Å²) >= 11 is 0. The van der Waals surface area contributed by atoms with Crippen LogP contribution in [0.1, 0.15) is 50.6 Å². The number of unbranched alkanes of at least 4 members (excludes halogenated alkanes) is 1. The van der Waals surface area contributed by atoms with E-state index in [0.717, 1.165) is 37.2 Å². The molecule has 1 rings (SSSR count). The molecule has 0 aliphatic heterocycles. The molecule has 80 valence electrons. The number of aryl methyl sites for hydroxylation is 2. The highest BCUT2D eigenvalue weighted by Gasteiger charge is 2.12. The Labute approximate surface area is 85.8 Å². The number of hydrogen-bond acceptors (Lipinski definition) is 2. The molecular formula is C11H20N2O. The first-order chi connectivity index (χ1) is 6.69. The highest BCUT2D eigenvalue weighted by molar-refractivity contribution is 5.11. The molecule has 1 atom stereocenters. The second-order valence-corrected chi connectivity index (χ2v) is 3.68. The second kappa shape index (κ2) is 5.15. The molecule has 0 amide bonds. The van der Waals surface area contributed by atoms with Crippen molar-refractivity contribution in [1.29, 1.82) is 0 Å². The fourth-order valence-electron chi connectivity index (χ4n) is 1.63. The number of aromatic nitrogens is 2. The Bertz CT molecular complexity index is 281. The van der Waals surface area contributed by atoms with Crippen molar-refractivity contribution in [3.63, 3.8) is 0 Å². The largest absolute Gasteiger partial charge is 0.387 e. The molecule has 0 aliphatic rings. The first-order valence-electron chi connectivity index (χ1n) is 5.41. The highest BCUT2D eigenvalue weighted by Crippen LogP contribution is 2.19. The van der Waals surface area contributed by atoms with Gasteiger partial charge in [0.25, 0.3) is 0 Å². The van der Waals surface area contributed by atoms with Gasteiger partial charge in [-0.25, -0.2) is 0 Å². The summed E-state index contributed by atoms with van der Waals surface area (Å²) < 4.78 is 1.88. The molecule has 0 radical (unpaired) electrons. The van der Waals surface area contributed by atoms with E-state index in [0.29, 0.717) is 0 Å². The van der Waals surface area contributed by atoms with Crippen LogP contribution in [0.3, 0.4) is 0 Å². The van der Waals surface area contributed by atoms with Crippen LogP contribution in [0, 0.1) is 6.92 Å². The van der Waals surface area contributed by atoms with Crippen LogP contribution in [0.4, 0.5) is 0 Å². The lowest BCUT2D eigenvalue weighted by molar-refractivity contribution is 0.153. The third-order valence-electron chi connectivity index (χ3n) is 2.41. The quantitative estimate of drug-likeness (QED) is 0.785. The van der Waals surface area contributed by atoms with Crippen molar-refractivity contribution in [2.75, 3.05) is 0 Å². The van der Waals surface area contributed by atoms with Crippen molar-refractivity contribution in [3.8, 4) is 0 Å². The lowest BCUT2D eigenvalue weighted by Gasteiger charge is -2.11. The fourth-order valence-corrected chi connectivity index (χ4v) is 1.63. The van der Waals surface area contributed by atoms with Gasteiger partial charge in [-0.1, -0.05) is 19.8 Å². The van der Waals surface area contributed by atoms with Crippen molar-refractivity contribution >= 4 is 0 Å². The van der Waals surface area contributed by atoms with Gasteiger partial charge in [0.1, 0.15) is 0 Å². The zero-order valence-electron chi connectivity index (χ0n) is 9.32. The van der Waals surface area contributed by atoms with Crippen LogP contribution in [0.5, 0.6) is 0 Å². The van der Waals surface area contributed by atoms with Crippen LogP contribution >= 0.6 is 0 Å². The molecule has 0 saturated carbocycles. The summed E-state index contributed by atoms with van der Waals surface area (Å²) in [7, 11) is 0. The van der Waals surface area contributed by atoms with Crippen molar-refractivity contribution < 1.29 is 5.11 Å². The number of nitrogens with zero attached hydrogens (tertiary/aromatic N) is 2. The predicted octanol–water partition coefficient (Wildman–Crippen LogP) is 2.44. The Morgan fingerprint density at radius 1 is 1.50 bits per heavy atom. The molecule has 0 saturated heterocycles. The van der Waals surface area contributed by atoms with Gasteiger partial charge in [-0.2, -0.15) is 5.10 Å². The number of aliphatic hydroxyl groups excluding tert-OH is 1. The molecule has 0 fully saturated rings. The molecule has 14 heavy (non-hydrogen) atoms. The SMILES string of the molecule is CCCCC(O)c1cc(C)nn1CC. The standard InChI is InChI=1S/C11H20N2O/c1-4-6-7-11(14)10-8-9(3)12-13(10)5-2/h8,11,14H,4-7H2,1-3H3. The zero-order chi connectivity index (χ0) is 10.6. The maximum atomic E-state index is 9.92. The zero-order valence-corrected chi connectivity index (χ0v) is 9.32. The maximum absolute atomic E-state index is 9.92. The predicted molar refractivity (Wildman–Crippen MR) is 57.1 cm³/mol. The molecular weight excluding hydrogens is 176 g/mol. The molecule has 1 aromatic heterocycles. The van der Waals surface area contributed by atoms with Crippen LogP contribution in [-0.4, -0.2) is 14.9 Å². The summed E-state index contributed by atoms with van der Waals surface area (Å²) in [4.78, 5) is 0. The Morgan fingerprint density at radius 2 is 2.21 bits per heavy atom. The van der Waals surface area contributed by atoms with E-state index in [1.165, 1.54) is 0 Å². The van der Waals surface area contributed by atoms with Gasteiger partial charge in [0.15, 0.2) is 0 Å². The Kier molecular flexibility index (Phi) is 4.14. The minimum Gasteiger partial charge on any atom is -0.387 e. The van der Waals surface area contributed by atoms with Gasteiger partial charge in [0, 0.05) is 6.54 Å². The lowest BCUT2D eigenvalue weighted by Crippen LogP contribution is -2.07. The van der Waals surface area contributed by atoms with Crippen molar-refractivity contribution in [1.82, 2.24) is 9.78 Å². The van der Waals surface area contributed by atoms with Gasteiger partial charge >= 0.3 is 0 Å². The summed E-state index contributed by atoms with van der Waals surface area (Å²) in [5.41, 5.74) is 1.94. The van der Waals surface area contributed by atoms with Crippen LogP contribution < -0.4 is 0 Å². The molecule has 0 bridgehead atoms. The Balaban J connectivity index is 2.72. The minimum absolute atomic E-state index is 0.351. The molecule has 3 heteroatoms. The first-order valence-corrected chi connectivity index (χ1v) is 5.41. The van der Waals surface area contributed by atoms with Crippen LogP contribution in [0.25, 0.3) is 0 Å². The van der Waals surface area contributed by atoms with E-state index in [2.05, 4.69) is 12.0 Å². The van der Waals surface area contributed by atoms with Gasteiger partial charge in [0.05, 0.1) is 17.5 Å². The van der Waals surface area contributed by atoms with Gasteiger partial charge in [-0.15, -0.1) is 0 Å². The lowest BCUT2D eigenvalue weighted by atomic mass is 10.1. The van der Waals surface area contributed by atoms with E-state index < -0.39 is 0 Å². The van der Waals surface area contributed by atoms with Crippen LogP contribution in [0.2, 0.25) is 0 Å². The fraction of sp³-hybridized carbons (Fsp3) is 0.727. The molecule has 3 nitrogen and oxygen atoms in total. The Morgan fingerprint density at radius 3 is 2.79 bits per heavy atom. The van der Waals surface area contributed by atoms with Crippen molar-refractivity contribution in [2.45, 2.75) is 52.7 Å². The van der Waals surface area contributed by atoms with Gasteiger partial charge < -0.3 is 5.11 Å². The number of aliphatic hydroxyl groups is 1. The van der Waals surface area contributed by atoms with Crippen molar-refractivity contribution in [3.05, 3.63) is 17.5 Å². The molecule has 1 N–H and O–H groups in total. The monoisotopic (exact) mass is 196 g/mol. The molecule has 0 spiro atoms. The molecule has 0 aromatic carbocycles. The van der Waals surface area contributed by atoms with Crippen molar-refractivity contribution in [2.24, 2.45) is 0 Å². The molecule has 1 unspecified atom stereocenters. The average Bonchev–Trinajstić information content (AvgIpc) is 2.56. The number of hydrogen-bond donors (Lipinski definition) is 1. The van der Waals surface area contributed by atoms with Crippen LogP contribution in [-0.2, 0) is 6.54 Å². The molecule has 0 aliphatic carbocycles. The van der Waals surface area contributed by atoms with Gasteiger partial charge in [-0.3, -0.25) is 4.68 Å². The molecule has 1 aromatic rings. The first kappa shape index (κ1) is 11.2. The van der Waals surface area contributed by atoms with E-state index in [1.807, 2.05) is 24.6 Å². The van der Waals surface area contributed by atoms with Gasteiger partial charge in [-0.05, 0) is 26.3 Å². The molecule has 1 heterocycles. The summed E-state index contributed by atoms with van der Waals surface area (Å²) in [6, 6.07) is 1.98. The smallest absolute Gasteiger partial charge is 0.0956 e. The number of rotatable bonds is 5. The van der Waals surface area contributed by atoms with E-state index in [4.69, 9.17) is 0 Å². The van der Waals surface area contributed by atoms with Crippen LogP contribution in [0.15, 0.2) is 6.07 Å². The summed E-state index contributed by atoms with van der Waals surface area (Å²) in [5.74, 6) is 0. The normalized spacial score (nSPS) is 13.1. The van der Waals surface area contributed by atoms with Gasteiger partial charge in [0.2, 0.25) is 0 Å². The summed E-state index contributed by atoms with van der Waals surface area (Å²) in [6.45, 7) is 6.96. The second-order valence-electron chi connectivity index (χ2n) is 3.68. The highest BCUT2D eigenvalue weighted by atomic mass is 16.3. The van der Waals surface area contributed by atoms with E-state index in [-0.39, 0.29) is 6.10 Å². The maximum Gasteiger partial charge on any atom is 0.0956 e. The topological polar surface area (TPSA) is 38.1 Å². The minimum atomic E-state index is -0.351. The third kappa shape index (κ3) is 2.58. The third-order valence-corrected chi connectivity index (χ3v) is 2.41.